The Labute approximate surface area is 146 Å². The van der Waals surface area contributed by atoms with E-state index in [4.69, 9.17) is 4.74 Å². The smallest absolute Gasteiger partial charge is 0.220 e. The van der Waals surface area contributed by atoms with Gasteiger partial charge >= 0.3 is 0 Å². The van der Waals surface area contributed by atoms with E-state index in [1.807, 2.05) is 0 Å². The van der Waals surface area contributed by atoms with Crippen LogP contribution >= 0.6 is 12.6 Å². The summed E-state index contributed by atoms with van der Waals surface area (Å²) in [7, 11) is 0. The minimum Gasteiger partial charge on any atom is -0.380 e. The molecule has 0 saturated heterocycles. The van der Waals surface area contributed by atoms with Crippen LogP contribution in [0.25, 0.3) is 0 Å². The zero-order valence-corrected chi connectivity index (χ0v) is 15.6. The summed E-state index contributed by atoms with van der Waals surface area (Å²) in [6, 6.07) is 0. The van der Waals surface area contributed by atoms with Gasteiger partial charge in [0.1, 0.15) is 0 Å². The second-order valence-corrected chi connectivity index (χ2v) is 6.58. The summed E-state index contributed by atoms with van der Waals surface area (Å²) in [5.41, 5.74) is 0. The number of hydrogen-bond donors (Lipinski definition) is 3. The number of carbonyl (C=O) groups is 2. The van der Waals surface area contributed by atoms with Crippen LogP contribution in [0.15, 0.2) is 0 Å². The maximum atomic E-state index is 11.6. The number of carbonyl (C=O) groups excluding carboxylic acids is 2. The summed E-state index contributed by atoms with van der Waals surface area (Å²) in [4.78, 5) is 23.2. The molecule has 0 rings (SSSR count). The fraction of sp³-hybridized carbons (Fsp3) is 0.882. The third-order valence-electron chi connectivity index (χ3n) is 3.35. The van der Waals surface area contributed by atoms with Crippen LogP contribution in [0, 0.1) is 5.92 Å². The van der Waals surface area contributed by atoms with Gasteiger partial charge in [-0.15, -0.1) is 0 Å². The molecule has 0 fully saturated rings. The zero-order chi connectivity index (χ0) is 17.3. The molecular weight excluding hydrogens is 312 g/mol. The Morgan fingerprint density at radius 1 is 0.913 bits per heavy atom. The third-order valence-corrected chi connectivity index (χ3v) is 3.67. The van der Waals surface area contributed by atoms with Crippen LogP contribution in [0.3, 0.4) is 0 Å². The molecule has 2 N–H and O–H groups in total. The fourth-order valence-electron chi connectivity index (χ4n) is 2.02. The van der Waals surface area contributed by atoms with Gasteiger partial charge in [-0.1, -0.05) is 26.7 Å². The van der Waals surface area contributed by atoms with Gasteiger partial charge in [0.05, 0.1) is 6.61 Å². The van der Waals surface area contributed by atoms with Gasteiger partial charge in [0.15, 0.2) is 0 Å². The van der Waals surface area contributed by atoms with E-state index >= 15 is 0 Å². The van der Waals surface area contributed by atoms with Gasteiger partial charge in [0.2, 0.25) is 11.8 Å². The molecule has 2 amide bonds. The van der Waals surface area contributed by atoms with Crippen molar-refractivity contribution in [1.29, 1.82) is 0 Å². The minimum atomic E-state index is -0.0208. The molecule has 0 saturated carbocycles. The molecule has 23 heavy (non-hydrogen) atoms. The van der Waals surface area contributed by atoms with Gasteiger partial charge in [0, 0.05) is 32.5 Å². The van der Waals surface area contributed by atoms with Crippen LogP contribution in [-0.4, -0.2) is 43.9 Å². The third kappa shape index (κ3) is 17.4. The van der Waals surface area contributed by atoms with Crippen LogP contribution < -0.4 is 10.6 Å². The number of unbranched alkanes of at least 4 members (excludes halogenated alkanes) is 1. The van der Waals surface area contributed by atoms with Crippen molar-refractivity contribution in [3.63, 3.8) is 0 Å². The Hall–Kier alpha value is -0.750. The van der Waals surface area contributed by atoms with Gasteiger partial charge in [0.25, 0.3) is 0 Å². The lowest BCUT2D eigenvalue weighted by Gasteiger charge is -2.07. The van der Waals surface area contributed by atoms with E-state index in [0.29, 0.717) is 39.0 Å². The minimum absolute atomic E-state index is 0.0208. The largest absolute Gasteiger partial charge is 0.380 e. The Morgan fingerprint density at radius 3 is 2.17 bits per heavy atom. The number of thiol groups is 1. The van der Waals surface area contributed by atoms with Crippen molar-refractivity contribution in [3.8, 4) is 0 Å². The van der Waals surface area contributed by atoms with Gasteiger partial charge in [-0.2, -0.15) is 12.6 Å². The van der Waals surface area contributed by atoms with Crippen molar-refractivity contribution in [3.05, 3.63) is 0 Å². The Balaban J connectivity index is 3.37. The molecule has 0 aliphatic carbocycles. The average molecular weight is 347 g/mol. The molecule has 0 heterocycles. The monoisotopic (exact) mass is 346 g/mol. The summed E-state index contributed by atoms with van der Waals surface area (Å²) in [5.74, 6) is 1.55. The van der Waals surface area contributed by atoms with Crippen molar-refractivity contribution in [2.75, 3.05) is 32.1 Å². The number of amides is 2. The number of rotatable bonds is 15. The van der Waals surface area contributed by atoms with Crippen LogP contribution in [0.4, 0.5) is 0 Å². The molecule has 0 aromatic rings. The Bertz CT molecular complexity index is 312. The SMILES string of the molecule is CC(C)CCCCNC(=O)CCCC(=O)NCCOCCCS. The van der Waals surface area contributed by atoms with Gasteiger partial charge in [-0.3, -0.25) is 9.59 Å². The van der Waals surface area contributed by atoms with E-state index in [0.717, 1.165) is 37.5 Å². The predicted molar refractivity (Wildman–Crippen MR) is 97.8 cm³/mol. The van der Waals surface area contributed by atoms with Crippen molar-refractivity contribution in [2.45, 2.75) is 58.8 Å². The van der Waals surface area contributed by atoms with Crippen molar-refractivity contribution < 1.29 is 14.3 Å². The van der Waals surface area contributed by atoms with E-state index in [9.17, 15) is 9.59 Å². The lowest BCUT2D eigenvalue weighted by atomic mass is 10.1. The first-order valence-electron chi connectivity index (χ1n) is 8.78. The van der Waals surface area contributed by atoms with Gasteiger partial charge in [-0.05, 0) is 30.9 Å². The summed E-state index contributed by atoms with van der Waals surface area (Å²) < 4.78 is 5.32. The topological polar surface area (TPSA) is 67.4 Å². The average Bonchev–Trinajstić information content (AvgIpc) is 2.50. The first-order chi connectivity index (χ1) is 11.1. The summed E-state index contributed by atoms with van der Waals surface area (Å²) in [5, 5.41) is 5.69. The predicted octanol–water partition coefficient (Wildman–Crippen LogP) is 2.55. The Kier molecular flexibility index (Phi) is 15.6. The quantitative estimate of drug-likeness (QED) is 0.315. The van der Waals surface area contributed by atoms with E-state index in [1.165, 1.54) is 6.42 Å². The molecule has 136 valence electrons. The first-order valence-corrected chi connectivity index (χ1v) is 9.41. The molecule has 0 aliphatic heterocycles. The zero-order valence-electron chi connectivity index (χ0n) is 14.7. The molecule has 6 heteroatoms. The van der Waals surface area contributed by atoms with Gasteiger partial charge in [-0.25, -0.2) is 0 Å². The molecule has 0 aliphatic rings. The van der Waals surface area contributed by atoms with E-state index in [1.54, 1.807) is 0 Å². The Morgan fingerprint density at radius 2 is 1.57 bits per heavy atom. The number of hydrogen-bond acceptors (Lipinski definition) is 4. The van der Waals surface area contributed by atoms with Crippen LogP contribution in [0.1, 0.15) is 58.8 Å². The lowest BCUT2D eigenvalue weighted by molar-refractivity contribution is -0.122. The maximum absolute atomic E-state index is 11.6. The molecule has 0 atom stereocenters. The molecule has 5 nitrogen and oxygen atoms in total. The standard InChI is InChI=1S/C17H34N2O3S/c1-15(2)7-3-4-10-18-16(20)8-5-9-17(21)19-11-13-22-12-6-14-23/h15,23H,3-14H2,1-2H3,(H,18,20)(H,19,21). The molecule has 0 aromatic carbocycles. The molecule has 0 bridgehead atoms. The highest BCUT2D eigenvalue weighted by atomic mass is 32.1. The van der Waals surface area contributed by atoms with Crippen LogP contribution in [0.5, 0.6) is 0 Å². The second-order valence-electron chi connectivity index (χ2n) is 6.13. The highest BCUT2D eigenvalue weighted by molar-refractivity contribution is 7.80. The summed E-state index contributed by atoms with van der Waals surface area (Å²) >= 11 is 4.09. The van der Waals surface area contributed by atoms with Gasteiger partial charge < -0.3 is 15.4 Å². The summed E-state index contributed by atoms with van der Waals surface area (Å²) in [6.07, 6.45) is 5.68. The van der Waals surface area contributed by atoms with Crippen LogP contribution in [-0.2, 0) is 14.3 Å². The normalized spacial score (nSPS) is 10.8. The second kappa shape index (κ2) is 16.1. The lowest BCUT2D eigenvalue weighted by Crippen LogP contribution is -2.28. The number of ether oxygens (including phenoxy) is 1. The molecule has 0 radical (unpaired) electrons. The highest BCUT2D eigenvalue weighted by Crippen LogP contribution is 2.05. The summed E-state index contributed by atoms with van der Waals surface area (Å²) in [6.45, 7) is 6.87. The number of nitrogens with one attached hydrogen (secondary N) is 2. The fourth-order valence-corrected chi connectivity index (χ4v) is 2.15. The van der Waals surface area contributed by atoms with Crippen molar-refractivity contribution >= 4 is 24.4 Å². The van der Waals surface area contributed by atoms with Crippen LogP contribution in [0.2, 0.25) is 0 Å². The molecule has 0 unspecified atom stereocenters. The van der Waals surface area contributed by atoms with Crippen molar-refractivity contribution in [2.24, 2.45) is 5.92 Å². The van der Waals surface area contributed by atoms with E-state index in [-0.39, 0.29) is 11.8 Å². The molecule has 0 spiro atoms. The maximum Gasteiger partial charge on any atom is 0.220 e. The first kappa shape index (κ1) is 22.2. The van der Waals surface area contributed by atoms with E-state index < -0.39 is 0 Å². The van der Waals surface area contributed by atoms with E-state index in [2.05, 4.69) is 37.1 Å². The molecular formula is C17H34N2O3S. The van der Waals surface area contributed by atoms with Crippen molar-refractivity contribution in [1.82, 2.24) is 10.6 Å². The molecule has 0 aromatic heterocycles. The highest BCUT2D eigenvalue weighted by Gasteiger charge is 2.04.